The number of nitrogens with one attached hydrogen (secondary N) is 2. The van der Waals surface area contributed by atoms with Crippen molar-refractivity contribution in [2.24, 2.45) is 0 Å². The zero-order chi connectivity index (χ0) is 14.9. The van der Waals surface area contributed by atoms with Crippen LogP contribution >= 0.6 is 11.6 Å². The summed E-state index contributed by atoms with van der Waals surface area (Å²) in [6.45, 7) is 0. The van der Waals surface area contributed by atoms with Gasteiger partial charge in [0, 0.05) is 18.6 Å². The van der Waals surface area contributed by atoms with E-state index in [1.54, 1.807) is 35.3 Å². The summed E-state index contributed by atoms with van der Waals surface area (Å²) < 4.78 is 28.1. The Morgan fingerprint density at radius 1 is 1.33 bits per heavy atom. The molecule has 0 unspecified atom stereocenters. The number of hydrogen-bond donors (Lipinski definition) is 2. The van der Waals surface area contributed by atoms with Crippen LogP contribution in [0.15, 0.2) is 53.9 Å². The fraction of sp³-hybridized carbons (Fsp3) is 0. The van der Waals surface area contributed by atoms with Crippen LogP contribution < -0.4 is 4.72 Å². The molecule has 0 fully saturated rings. The van der Waals surface area contributed by atoms with Gasteiger partial charge in [-0.25, -0.2) is 13.1 Å². The molecule has 0 aliphatic carbocycles. The molecule has 0 saturated heterocycles. The third kappa shape index (κ3) is 2.76. The Morgan fingerprint density at radius 3 is 2.81 bits per heavy atom. The number of hydrogen-bond acceptors (Lipinski definition) is 4. The number of anilines is 1. The van der Waals surface area contributed by atoms with Crippen molar-refractivity contribution >= 4 is 27.3 Å². The van der Waals surface area contributed by atoms with E-state index in [1.807, 2.05) is 0 Å². The molecule has 2 N–H and O–H groups in total. The van der Waals surface area contributed by atoms with E-state index in [1.165, 1.54) is 18.5 Å². The molecule has 0 aliphatic heterocycles. The van der Waals surface area contributed by atoms with Gasteiger partial charge in [0.2, 0.25) is 0 Å². The van der Waals surface area contributed by atoms with Gasteiger partial charge in [0.05, 0.1) is 22.6 Å². The minimum atomic E-state index is -3.68. The molecule has 9 heteroatoms. The highest BCUT2D eigenvalue weighted by Crippen LogP contribution is 2.25. The molecule has 2 heterocycles. The van der Waals surface area contributed by atoms with Crippen LogP contribution in [0.4, 0.5) is 5.69 Å². The van der Waals surface area contributed by atoms with Crippen LogP contribution in [0.5, 0.6) is 0 Å². The summed E-state index contributed by atoms with van der Waals surface area (Å²) in [5, 5.41) is 10.5. The lowest BCUT2D eigenvalue weighted by molar-refractivity contribution is 0.601. The first-order valence-electron chi connectivity index (χ1n) is 5.87. The van der Waals surface area contributed by atoms with Crippen molar-refractivity contribution in [3.05, 3.63) is 54.1 Å². The Bertz CT molecular complexity index is 844. The molecule has 1 aromatic carbocycles. The highest BCUT2D eigenvalue weighted by Gasteiger charge is 2.16. The molecule has 0 bridgehead atoms. The number of benzene rings is 1. The smallest absolute Gasteiger partial charge is 0.265 e. The second-order valence-corrected chi connectivity index (χ2v) is 6.25. The topological polar surface area (TPSA) is 92.7 Å². The summed E-state index contributed by atoms with van der Waals surface area (Å²) in [5.74, 6) is 0. The van der Waals surface area contributed by atoms with Crippen molar-refractivity contribution in [3.8, 4) is 5.69 Å². The van der Waals surface area contributed by atoms with Gasteiger partial charge in [-0.05, 0) is 24.3 Å². The fourth-order valence-electron chi connectivity index (χ4n) is 1.77. The van der Waals surface area contributed by atoms with Crippen molar-refractivity contribution in [1.29, 1.82) is 0 Å². The Balaban J connectivity index is 1.90. The average Bonchev–Trinajstić information content (AvgIpc) is 3.12. The first-order chi connectivity index (χ1) is 10.1. The average molecular weight is 324 g/mol. The van der Waals surface area contributed by atoms with E-state index in [0.29, 0.717) is 16.4 Å². The summed E-state index contributed by atoms with van der Waals surface area (Å²) in [7, 11) is -3.68. The summed E-state index contributed by atoms with van der Waals surface area (Å²) in [6, 6.07) is 6.59. The molecule has 3 aromatic rings. The molecule has 0 atom stereocenters. The van der Waals surface area contributed by atoms with Crippen LogP contribution in [0.25, 0.3) is 5.69 Å². The van der Waals surface area contributed by atoms with Crippen molar-refractivity contribution < 1.29 is 8.42 Å². The van der Waals surface area contributed by atoms with Crippen LogP contribution in [-0.4, -0.2) is 28.4 Å². The highest BCUT2D eigenvalue weighted by molar-refractivity contribution is 7.92. The summed E-state index contributed by atoms with van der Waals surface area (Å²) in [6.07, 6.45) is 5.90. The van der Waals surface area contributed by atoms with Gasteiger partial charge in [0.1, 0.15) is 4.90 Å². The van der Waals surface area contributed by atoms with E-state index >= 15 is 0 Å². The van der Waals surface area contributed by atoms with Gasteiger partial charge >= 0.3 is 0 Å². The zero-order valence-corrected chi connectivity index (χ0v) is 12.1. The van der Waals surface area contributed by atoms with Crippen LogP contribution in [0.1, 0.15) is 0 Å². The van der Waals surface area contributed by atoms with E-state index in [2.05, 4.69) is 20.0 Å². The predicted molar refractivity (Wildman–Crippen MR) is 78.0 cm³/mol. The molecule has 0 amide bonds. The quantitative estimate of drug-likeness (QED) is 0.768. The van der Waals surface area contributed by atoms with Gasteiger partial charge < -0.3 is 0 Å². The number of halogens is 1. The molecule has 108 valence electrons. The summed E-state index contributed by atoms with van der Waals surface area (Å²) in [4.78, 5) is 0.0507. The maximum atomic E-state index is 12.1. The molecule has 0 aliphatic rings. The molecule has 7 nitrogen and oxygen atoms in total. The number of H-pyrrole nitrogens is 1. The SMILES string of the molecule is O=S(=O)(Nc1ccc(-n2cccn2)c(Cl)c1)c1cn[nH]c1. The molecule has 3 rings (SSSR count). The molecule has 21 heavy (non-hydrogen) atoms. The second kappa shape index (κ2) is 5.23. The first-order valence-corrected chi connectivity index (χ1v) is 7.73. The van der Waals surface area contributed by atoms with Crippen molar-refractivity contribution in [3.63, 3.8) is 0 Å². The van der Waals surface area contributed by atoms with Gasteiger partial charge in [-0.3, -0.25) is 9.82 Å². The largest absolute Gasteiger partial charge is 0.284 e. The van der Waals surface area contributed by atoms with Gasteiger partial charge in [-0.15, -0.1) is 0 Å². The maximum Gasteiger partial charge on any atom is 0.265 e. The van der Waals surface area contributed by atoms with E-state index in [0.717, 1.165) is 0 Å². The van der Waals surface area contributed by atoms with Crippen LogP contribution in [0, 0.1) is 0 Å². The first kappa shape index (κ1) is 13.7. The minimum Gasteiger partial charge on any atom is -0.284 e. The lowest BCUT2D eigenvalue weighted by Crippen LogP contribution is -2.12. The summed E-state index contributed by atoms with van der Waals surface area (Å²) >= 11 is 6.16. The van der Waals surface area contributed by atoms with Crippen LogP contribution in [0.3, 0.4) is 0 Å². The highest BCUT2D eigenvalue weighted by atomic mass is 35.5. The number of nitrogens with zero attached hydrogens (tertiary/aromatic N) is 3. The van der Waals surface area contributed by atoms with E-state index < -0.39 is 10.0 Å². The minimum absolute atomic E-state index is 0.0507. The van der Waals surface area contributed by atoms with Crippen LogP contribution in [0.2, 0.25) is 5.02 Å². The Labute approximate surface area is 125 Å². The van der Waals surface area contributed by atoms with E-state index in [-0.39, 0.29) is 4.90 Å². The lowest BCUT2D eigenvalue weighted by atomic mass is 10.3. The van der Waals surface area contributed by atoms with Gasteiger partial charge in [-0.2, -0.15) is 10.2 Å². The number of sulfonamides is 1. The van der Waals surface area contributed by atoms with Crippen molar-refractivity contribution in [2.75, 3.05) is 4.72 Å². The van der Waals surface area contributed by atoms with Crippen molar-refractivity contribution in [2.45, 2.75) is 4.90 Å². The van der Waals surface area contributed by atoms with Crippen LogP contribution in [-0.2, 0) is 10.0 Å². The monoisotopic (exact) mass is 323 g/mol. The molecule has 0 saturated carbocycles. The third-order valence-electron chi connectivity index (χ3n) is 2.73. The Kier molecular flexibility index (Phi) is 3.40. The van der Waals surface area contributed by atoms with Gasteiger partial charge in [0.25, 0.3) is 10.0 Å². The van der Waals surface area contributed by atoms with Gasteiger partial charge in [0.15, 0.2) is 0 Å². The normalized spacial score (nSPS) is 11.5. The second-order valence-electron chi connectivity index (χ2n) is 4.16. The van der Waals surface area contributed by atoms with E-state index in [9.17, 15) is 8.42 Å². The lowest BCUT2D eigenvalue weighted by Gasteiger charge is -2.09. The van der Waals surface area contributed by atoms with E-state index in [4.69, 9.17) is 11.6 Å². The van der Waals surface area contributed by atoms with Gasteiger partial charge in [-0.1, -0.05) is 11.6 Å². The molecular weight excluding hydrogens is 314 g/mol. The Morgan fingerprint density at radius 2 is 2.19 bits per heavy atom. The standard InChI is InChI=1S/C12H10ClN5O2S/c13-11-6-9(2-3-12(11)18-5-1-4-16-18)17-21(19,20)10-7-14-15-8-10/h1-8,17H,(H,14,15). The number of aromatic amines is 1. The summed E-state index contributed by atoms with van der Waals surface area (Å²) in [5.41, 5.74) is 1.02. The molecular formula is C12H10ClN5O2S. The number of rotatable bonds is 4. The molecule has 2 aromatic heterocycles. The fourth-order valence-corrected chi connectivity index (χ4v) is 2.99. The Hall–Kier alpha value is -2.32. The van der Waals surface area contributed by atoms with Crippen molar-refractivity contribution in [1.82, 2.24) is 20.0 Å². The zero-order valence-electron chi connectivity index (χ0n) is 10.6. The molecule has 0 radical (unpaired) electrons. The predicted octanol–water partition coefficient (Wildman–Crippen LogP) is 2.05. The number of aromatic nitrogens is 4. The molecule has 0 spiro atoms. The third-order valence-corrected chi connectivity index (χ3v) is 4.39. The maximum absolute atomic E-state index is 12.1.